The Hall–Kier alpha value is -2.77. The number of nitrogens with zero attached hydrogens (tertiary/aromatic N) is 3. The molecule has 2 amide bonds. The lowest BCUT2D eigenvalue weighted by molar-refractivity contribution is 0.173. The molecule has 2 aliphatic heterocycles. The van der Waals surface area contributed by atoms with Crippen molar-refractivity contribution in [3.8, 4) is 11.5 Å². The van der Waals surface area contributed by atoms with Crippen LogP contribution in [0.2, 0.25) is 0 Å². The Kier molecular flexibility index (Phi) is 5.46. The van der Waals surface area contributed by atoms with Crippen LogP contribution in [0.15, 0.2) is 18.2 Å². The lowest BCUT2D eigenvalue weighted by Gasteiger charge is -2.31. The Morgan fingerprint density at radius 3 is 2.83 bits per heavy atom. The maximum absolute atomic E-state index is 12.7. The number of carbonyl (C=O) groups is 1. The van der Waals surface area contributed by atoms with Crippen molar-refractivity contribution in [1.82, 2.24) is 25.4 Å². The van der Waals surface area contributed by atoms with E-state index in [1.165, 1.54) is 32.1 Å². The van der Waals surface area contributed by atoms with Crippen molar-refractivity contribution in [2.75, 3.05) is 19.9 Å². The van der Waals surface area contributed by atoms with Crippen molar-refractivity contribution in [2.45, 2.75) is 63.3 Å². The summed E-state index contributed by atoms with van der Waals surface area (Å²) in [7, 11) is 0. The van der Waals surface area contributed by atoms with Gasteiger partial charge < -0.3 is 19.7 Å². The average molecular weight is 412 g/mol. The molecule has 1 atom stereocenters. The first-order valence-corrected chi connectivity index (χ1v) is 11.1. The fraction of sp³-hybridized carbons (Fsp3) is 0.591. The van der Waals surface area contributed by atoms with Gasteiger partial charge in [-0.15, -0.1) is 0 Å². The summed E-state index contributed by atoms with van der Waals surface area (Å²) in [5.74, 6) is 4.10. The zero-order chi connectivity index (χ0) is 20.3. The van der Waals surface area contributed by atoms with Gasteiger partial charge in [-0.05, 0) is 43.4 Å². The SMILES string of the molecule is O=C(NCc1ccc2c(c1)OCO2)N1CCCC(c2n[nH]c(C3CCCCC3)n2)C1. The van der Waals surface area contributed by atoms with Crippen LogP contribution in [0.5, 0.6) is 11.5 Å². The van der Waals surface area contributed by atoms with Crippen molar-refractivity contribution in [2.24, 2.45) is 0 Å². The molecule has 1 aromatic heterocycles. The van der Waals surface area contributed by atoms with Crippen LogP contribution >= 0.6 is 0 Å². The number of likely N-dealkylation sites (tertiary alicyclic amines) is 1. The van der Waals surface area contributed by atoms with Crippen LogP contribution in [-0.4, -0.2) is 46.0 Å². The minimum absolute atomic E-state index is 0.0413. The minimum Gasteiger partial charge on any atom is -0.454 e. The Morgan fingerprint density at radius 1 is 1.10 bits per heavy atom. The number of urea groups is 1. The molecule has 0 radical (unpaired) electrons. The highest BCUT2D eigenvalue weighted by atomic mass is 16.7. The third-order valence-electron chi connectivity index (χ3n) is 6.47. The number of amides is 2. The summed E-state index contributed by atoms with van der Waals surface area (Å²) in [6.45, 7) is 2.14. The van der Waals surface area contributed by atoms with Gasteiger partial charge in [0.2, 0.25) is 6.79 Å². The van der Waals surface area contributed by atoms with E-state index < -0.39 is 0 Å². The van der Waals surface area contributed by atoms with Gasteiger partial charge in [-0.25, -0.2) is 9.78 Å². The molecule has 8 heteroatoms. The average Bonchev–Trinajstić information content (AvgIpc) is 3.47. The van der Waals surface area contributed by atoms with Crippen LogP contribution in [0.1, 0.15) is 74.0 Å². The quantitative estimate of drug-likeness (QED) is 0.801. The Labute approximate surface area is 176 Å². The smallest absolute Gasteiger partial charge is 0.317 e. The predicted octanol–water partition coefficient (Wildman–Crippen LogP) is 3.67. The number of aromatic nitrogens is 3. The maximum atomic E-state index is 12.7. The summed E-state index contributed by atoms with van der Waals surface area (Å²) < 4.78 is 10.7. The van der Waals surface area contributed by atoms with E-state index >= 15 is 0 Å². The molecule has 8 nitrogen and oxygen atoms in total. The lowest BCUT2D eigenvalue weighted by atomic mass is 9.89. The Morgan fingerprint density at radius 2 is 1.93 bits per heavy atom. The first-order valence-electron chi connectivity index (χ1n) is 11.1. The second kappa shape index (κ2) is 8.53. The third-order valence-corrected chi connectivity index (χ3v) is 6.47. The van der Waals surface area contributed by atoms with Gasteiger partial charge in [0.1, 0.15) is 5.82 Å². The summed E-state index contributed by atoms with van der Waals surface area (Å²) in [6, 6.07) is 5.71. The number of hydrogen-bond donors (Lipinski definition) is 2. The summed E-state index contributed by atoms with van der Waals surface area (Å²) >= 11 is 0. The largest absolute Gasteiger partial charge is 0.454 e. The van der Waals surface area contributed by atoms with Crippen molar-refractivity contribution in [3.63, 3.8) is 0 Å². The normalized spacial score (nSPS) is 21.6. The van der Waals surface area contributed by atoms with Crippen molar-refractivity contribution >= 4 is 6.03 Å². The molecular formula is C22H29N5O3. The fourth-order valence-corrected chi connectivity index (χ4v) is 4.74. The van der Waals surface area contributed by atoms with E-state index in [2.05, 4.69) is 15.5 Å². The van der Waals surface area contributed by atoms with Crippen molar-refractivity contribution < 1.29 is 14.3 Å². The number of ether oxygens (including phenoxy) is 2. The van der Waals surface area contributed by atoms with Gasteiger partial charge in [0.15, 0.2) is 17.3 Å². The van der Waals surface area contributed by atoms with Gasteiger partial charge in [-0.2, -0.15) is 5.10 Å². The number of nitrogens with one attached hydrogen (secondary N) is 2. The highest BCUT2D eigenvalue weighted by molar-refractivity contribution is 5.74. The summed E-state index contributed by atoms with van der Waals surface area (Å²) in [5.41, 5.74) is 0.993. The van der Waals surface area contributed by atoms with Gasteiger partial charge in [0, 0.05) is 31.5 Å². The Bertz CT molecular complexity index is 893. The van der Waals surface area contributed by atoms with Crippen LogP contribution in [0.3, 0.4) is 0 Å². The van der Waals surface area contributed by atoms with Crippen LogP contribution < -0.4 is 14.8 Å². The van der Waals surface area contributed by atoms with E-state index in [-0.39, 0.29) is 18.7 Å². The molecule has 1 aliphatic carbocycles. The van der Waals surface area contributed by atoms with E-state index in [9.17, 15) is 4.79 Å². The Balaban J connectivity index is 1.17. The molecule has 3 aliphatic rings. The summed E-state index contributed by atoms with van der Waals surface area (Å²) in [5, 5.41) is 10.7. The maximum Gasteiger partial charge on any atom is 0.317 e. The standard InChI is InChI=1S/C22H29N5O3/c28-22(23-12-15-8-9-18-19(11-15)30-14-29-18)27-10-4-7-17(13-27)21-24-20(25-26-21)16-5-2-1-3-6-16/h8-9,11,16-17H,1-7,10,12-14H2,(H,23,28)(H,24,25,26). The van der Waals surface area contributed by atoms with E-state index in [1.807, 2.05) is 23.1 Å². The number of benzene rings is 1. The molecule has 1 unspecified atom stereocenters. The zero-order valence-corrected chi connectivity index (χ0v) is 17.2. The number of hydrogen-bond acceptors (Lipinski definition) is 5. The molecule has 1 saturated carbocycles. The summed E-state index contributed by atoms with van der Waals surface area (Å²) in [6.07, 6.45) is 8.28. The van der Waals surface area contributed by atoms with Gasteiger partial charge in [0.25, 0.3) is 0 Å². The molecule has 1 saturated heterocycles. The van der Waals surface area contributed by atoms with Crippen molar-refractivity contribution in [1.29, 1.82) is 0 Å². The van der Waals surface area contributed by atoms with E-state index in [0.717, 1.165) is 48.1 Å². The molecule has 5 rings (SSSR count). The van der Waals surface area contributed by atoms with Crippen molar-refractivity contribution in [3.05, 3.63) is 35.4 Å². The number of H-pyrrole nitrogens is 1. The topological polar surface area (TPSA) is 92.4 Å². The zero-order valence-electron chi connectivity index (χ0n) is 17.2. The number of rotatable bonds is 4. The molecule has 0 bridgehead atoms. The molecular weight excluding hydrogens is 382 g/mol. The first kappa shape index (κ1) is 19.2. The van der Waals surface area contributed by atoms with Gasteiger partial charge in [-0.3, -0.25) is 5.10 Å². The van der Waals surface area contributed by atoms with Crippen LogP contribution in [-0.2, 0) is 6.54 Å². The van der Waals surface area contributed by atoms with E-state index in [4.69, 9.17) is 14.5 Å². The molecule has 160 valence electrons. The highest BCUT2D eigenvalue weighted by Gasteiger charge is 2.28. The van der Waals surface area contributed by atoms with E-state index in [0.29, 0.717) is 19.0 Å². The molecule has 2 fully saturated rings. The number of fused-ring (bicyclic) bond motifs is 1. The van der Waals surface area contributed by atoms with Crippen LogP contribution in [0, 0.1) is 0 Å². The van der Waals surface area contributed by atoms with Gasteiger partial charge >= 0.3 is 6.03 Å². The minimum atomic E-state index is -0.0413. The second-order valence-electron chi connectivity index (χ2n) is 8.55. The molecule has 0 spiro atoms. The monoisotopic (exact) mass is 411 g/mol. The molecule has 2 N–H and O–H groups in total. The third kappa shape index (κ3) is 4.08. The lowest BCUT2D eigenvalue weighted by Crippen LogP contribution is -2.44. The second-order valence-corrected chi connectivity index (χ2v) is 8.55. The fourth-order valence-electron chi connectivity index (χ4n) is 4.74. The highest BCUT2D eigenvalue weighted by Crippen LogP contribution is 2.33. The van der Waals surface area contributed by atoms with Crippen LogP contribution in [0.4, 0.5) is 4.79 Å². The number of carbonyl (C=O) groups excluding carboxylic acids is 1. The van der Waals surface area contributed by atoms with E-state index in [1.54, 1.807) is 0 Å². The number of aromatic amines is 1. The first-order chi connectivity index (χ1) is 14.8. The molecule has 1 aromatic carbocycles. The molecule has 3 heterocycles. The molecule has 2 aromatic rings. The number of piperidine rings is 1. The predicted molar refractivity (Wildman–Crippen MR) is 111 cm³/mol. The molecule has 30 heavy (non-hydrogen) atoms. The van der Waals surface area contributed by atoms with Gasteiger partial charge in [0.05, 0.1) is 0 Å². The van der Waals surface area contributed by atoms with Gasteiger partial charge in [-0.1, -0.05) is 25.3 Å². The van der Waals surface area contributed by atoms with Crippen LogP contribution in [0.25, 0.3) is 0 Å². The summed E-state index contributed by atoms with van der Waals surface area (Å²) in [4.78, 5) is 19.5.